The summed E-state index contributed by atoms with van der Waals surface area (Å²) in [5, 5.41) is 4.09. The maximum Gasteiger partial charge on any atom is 0.0638 e. The molecule has 0 aliphatic heterocycles. The van der Waals surface area contributed by atoms with Crippen molar-refractivity contribution >= 4 is 55.8 Å². The Balaban J connectivity index is 2.12. The Kier molecular flexibility index (Phi) is 4.70. The van der Waals surface area contributed by atoms with E-state index < -0.39 is 0 Å². The maximum absolute atomic E-state index is 6.12. The first-order chi connectivity index (χ1) is 8.16. The zero-order chi connectivity index (χ0) is 12.3. The topological polar surface area (TPSA) is 12.0 Å². The van der Waals surface area contributed by atoms with Crippen LogP contribution in [-0.2, 0) is 6.54 Å². The van der Waals surface area contributed by atoms with E-state index in [4.69, 9.17) is 11.6 Å². The van der Waals surface area contributed by atoms with Crippen molar-refractivity contribution < 1.29 is 0 Å². The lowest BCUT2D eigenvalue weighted by molar-refractivity contribution is 1.14. The second-order valence-corrected chi connectivity index (χ2v) is 6.08. The van der Waals surface area contributed by atoms with Gasteiger partial charge in [0, 0.05) is 14.6 Å². The minimum atomic E-state index is 0.748. The number of hydrogen-bond acceptors (Lipinski definition) is 1. The highest BCUT2D eigenvalue weighted by atomic mass is 127. The fourth-order valence-electron chi connectivity index (χ4n) is 1.47. The molecular weight excluding hydrogens is 412 g/mol. The molecule has 0 fully saturated rings. The summed E-state index contributed by atoms with van der Waals surface area (Å²) in [6, 6.07) is 14.1. The molecule has 0 saturated heterocycles. The van der Waals surface area contributed by atoms with Gasteiger partial charge in [-0.15, -0.1) is 0 Å². The predicted octanol–water partition coefficient (Wildman–Crippen LogP) is 5.32. The van der Waals surface area contributed by atoms with E-state index in [-0.39, 0.29) is 0 Å². The smallest absolute Gasteiger partial charge is 0.0638 e. The van der Waals surface area contributed by atoms with Crippen LogP contribution in [0.2, 0.25) is 5.02 Å². The monoisotopic (exact) mass is 421 g/mol. The van der Waals surface area contributed by atoms with Gasteiger partial charge < -0.3 is 5.32 Å². The van der Waals surface area contributed by atoms with Crippen LogP contribution in [0.15, 0.2) is 46.9 Å². The number of halogens is 3. The Bertz CT molecular complexity index is 531. The van der Waals surface area contributed by atoms with Crippen molar-refractivity contribution in [3.8, 4) is 0 Å². The first-order valence-electron chi connectivity index (χ1n) is 5.09. The average Bonchev–Trinajstić information content (AvgIpc) is 2.32. The maximum atomic E-state index is 6.12. The Hall–Kier alpha value is -0.260. The second-order valence-electron chi connectivity index (χ2n) is 3.57. The molecule has 17 heavy (non-hydrogen) atoms. The Morgan fingerprint density at radius 3 is 2.71 bits per heavy atom. The van der Waals surface area contributed by atoms with Crippen molar-refractivity contribution in [1.82, 2.24) is 0 Å². The van der Waals surface area contributed by atoms with Gasteiger partial charge in [-0.3, -0.25) is 0 Å². The molecule has 0 radical (unpaired) electrons. The molecule has 0 spiro atoms. The summed E-state index contributed by atoms with van der Waals surface area (Å²) < 4.78 is 2.27. The van der Waals surface area contributed by atoms with E-state index in [9.17, 15) is 0 Å². The summed E-state index contributed by atoms with van der Waals surface area (Å²) in [7, 11) is 0. The van der Waals surface area contributed by atoms with E-state index >= 15 is 0 Å². The van der Waals surface area contributed by atoms with E-state index in [0.29, 0.717) is 0 Å². The molecule has 4 heteroatoms. The van der Waals surface area contributed by atoms with Gasteiger partial charge in [-0.25, -0.2) is 0 Å². The standard InChI is InChI=1S/C13H10BrClIN/c14-11-4-2-1-3-9(11)8-17-13-7-10(16)5-6-12(13)15/h1-7,17H,8H2. The summed E-state index contributed by atoms with van der Waals surface area (Å²) in [4.78, 5) is 0. The quantitative estimate of drug-likeness (QED) is 0.661. The molecule has 0 bridgehead atoms. The zero-order valence-electron chi connectivity index (χ0n) is 8.88. The van der Waals surface area contributed by atoms with Gasteiger partial charge in [0.25, 0.3) is 0 Å². The van der Waals surface area contributed by atoms with Crippen LogP contribution < -0.4 is 5.32 Å². The first-order valence-corrected chi connectivity index (χ1v) is 7.34. The highest BCUT2D eigenvalue weighted by Gasteiger charge is 2.02. The van der Waals surface area contributed by atoms with E-state index in [1.54, 1.807) is 0 Å². The van der Waals surface area contributed by atoms with Crippen molar-refractivity contribution in [2.24, 2.45) is 0 Å². The van der Waals surface area contributed by atoms with Crippen molar-refractivity contribution in [3.63, 3.8) is 0 Å². The minimum absolute atomic E-state index is 0.748. The SMILES string of the molecule is Clc1ccc(I)cc1NCc1ccccc1Br. The number of benzene rings is 2. The van der Waals surface area contributed by atoms with Crippen molar-refractivity contribution in [3.05, 3.63) is 61.1 Å². The van der Waals surface area contributed by atoms with Gasteiger partial charge in [0.1, 0.15) is 0 Å². The molecule has 0 saturated carbocycles. The molecule has 1 nitrogen and oxygen atoms in total. The molecule has 0 unspecified atom stereocenters. The molecule has 2 aromatic carbocycles. The van der Waals surface area contributed by atoms with Crippen molar-refractivity contribution in [2.45, 2.75) is 6.54 Å². The highest BCUT2D eigenvalue weighted by Crippen LogP contribution is 2.25. The third-order valence-corrected chi connectivity index (χ3v) is 4.13. The van der Waals surface area contributed by atoms with Gasteiger partial charge in [-0.1, -0.05) is 45.7 Å². The summed E-state index contributed by atoms with van der Waals surface area (Å²) in [5.74, 6) is 0. The van der Waals surface area contributed by atoms with Gasteiger partial charge >= 0.3 is 0 Å². The molecule has 0 aliphatic rings. The molecule has 0 amide bonds. The first kappa shape index (κ1) is 13.2. The van der Waals surface area contributed by atoms with Crippen LogP contribution in [0.25, 0.3) is 0 Å². The molecule has 1 N–H and O–H groups in total. The van der Waals surface area contributed by atoms with Gasteiger partial charge in [-0.2, -0.15) is 0 Å². The van der Waals surface area contributed by atoms with Crippen LogP contribution in [0.4, 0.5) is 5.69 Å². The second kappa shape index (κ2) is 6.07. The van der Waals surface area contributed by atoms with Crippen molar-refractivity contribution in [2.75, 3.05) is 5.32 Å². The molecular formula is C13H10BrClIN. The molecule has 2 rings (SSSR count). The van der Waals surface area contributed by atoms with E-state index in [1.807, 2.05) is 36.4 Å². The third-order valence-electron chi connectivity index (χ3n) is 2.36. The van der Waals surface area contributed by atoms with E-state index in [2.05, 4.69) is 49.9 Å². The largest absolute Gasteiger partial charge is 0.380 e. The van der Waals surface area contributed by atoms with Crippen LogP contribution in [0, 0.1) is 3.57 Å². The lowest BCUT2D eigenvalue weighted by Crippen LogP contribution is -2.00. The van der Waals surface area contributed by atoms with E-state index in [1.165, 1.54) is 9.13 Å². The Labute approximate surface area is 128 Å². The number of rotatable bonds is 3. The highest BCUT2D eigenvalue weighted by molar-refractivity contribution is 14.1. The number of anilines is 1. The third kappa shape index (κ3) is 3.60. The van der Waals surface area contributed by atoms with Crippen LogP contribution >= 0.6 is 50.1 Å². The lowest BCUT2D eigenvalue weighted by Gasteiger charge is -2.10. The average molecular weight is 422 g/mol. The van der Waals surface area contributed by atoms with Gasteiger partial charge in [0.15, 0.2) is 0 Å². The normalized spacial score (nSPS) is 10.3. The lowest BCUT2D eigenvalue weighted by atomic mass is 10.2. The minimum Gasteiger partial charge on any atom is -0.380 e. The summed E-state index contributed by atoms with van der Waals surface area (Å²) in [5.41, 5.74) is 2.18. The Morgan fingerprint density at radius 1 is 1.18 bits per heavy atom. The molecule has 0 atom stereocenters. The van der Waals surface area contributed by atoms with E-state index in [0.717, 1.165) is 21.7 Å². The van der Waals surface area contributed by atoms with Gasteiger partial charge in [0.2, 0.25) is 0 Å². The Morgan fingerprint density at radius 2 is 1.94 bits per heavy atom. The molecule has 0 aliphatic carbocycles. The fraction of sp³-hybridized carbons (Fsp3) is 0.0769. The van der Waals surface area contributed by atoms with Crippen molar-refractivity contribution in [1.29, 1.82) is 0 Å². The summed E-state index contributed by atoms with van der Waals surface area (Å²) in [6.45, 7) is 0.751. The van der Waals surface area contributed by atoms with Gasteiger partial charge in [0.05, 0.1) is 10.7 Å². The van der Waals surface area contributed by atoms with Crippen LogP contribution in [0.5, 0.6) is 0 Å². The molecule has 0 heterocycles. The summed E-state index contributed by atoms with van der Waals surface area (Å²) >= 11 is 11.9. The number of hydrogen-bond donors (Lipinski definition) is 1. The fourth-order valence-corrected chi connectivity index (χ4v) is 2.57. The van der Waals surface area contributed by atoms with Gasteiger partial charge in [-0.05, 0) is 52.4 Å². The predicted molar refractivity (Wildman–Crippen MR) is 85.6 cm³/mol. The molecule has 88 valence electrons. The number of nitrogens with one attached hydrogen (secondary N) is 1. The van der Waals surface area contributed by atoms with Crippen LogP contribution in [-0.4, -0.2) is 0 Å². The molecule has 0 aromatic heterocycles. The van der Waals surface area contributed by atoms with Crippen LogP contribution in [0.1, 0.15) is 5.56 Å². The summed E-state index contributed by atoms with van der Waals surface area (Å²) in [6.07, 6.45) is 0. The molecule has 2 aromatic rings. The van der Waals surface area contributed by atoms with Crippen LogP contribution in [0.3, 0.4) is 0 Å². The zero-order valence-corrected chi connectivity index (χ0v) is 13.4.